The number of amides is 2. The highest BCUT2D eigenvalue weighted by molar-refractivity contribution is 7.14. The summed E-state index contributed by atoms with van der Waals surface area (Å²) >= 11 is 1.18. The number of benzene rings is 2. The van der Waals surface area contributed by atoms with E-state index in [1.165, 1.54) is 37.7 Å². The van der Waals surface area contributed by atoms with Crippen molar-refractivity contribution >= 4 is 39.7 Å². The molecule has 0 fully saturated rings. The van der Waals surface area contributed by atoms with Crippen LogP contribution in [-0.2, 0) is 11.2 Å². The van der Waals surface area contributed by atoms with Gasteiger partial charge in [-0.05, 0) is 30.7 Å². The van der Waals surface area contributed by atoms with E-state index in [-0.39, 0.29) is 23.9 Å². The van der Waals surface area contributed by atoms with E-state index < -0.39 is 4.92 Å². The zero-order chi connectivity index (χ0) is 23.3. The molecule has 2 amide bonds. The van der Waals surface area contributed by atoms with E-state index >= 15 is 0 Å². The molecule has 1 heterocycles. The standard InChI is InChI=1S/C21H20N4O6S/c1-12-4-6-15(25(28)29)10-16(12)23-19(26)9-14-11-32-21(22-14)24-20(27)13-5-7-17(30-2)18(8-13)31-3/h4-8,10-11H,9H2,1-3H3,(H,23,26)(H,22,24,27). The van der Waals surface area contributed by atoms with Gasteiger partial charge in [0, 0.05) is 23.1 Å². The fraction of sp³-hybridized carbons (Fsp3) is 0.190. The fourth-order valence-corrected chi connectivity index (χ4v) is 3.51. The Hall–Kier alpha value is -3.99. The zero-order valence-corrected chi connectivity index (χ0v) is 18.3. The number of thiazole rings is 1. The lowest BCUT2D eigenvalue weighted by atomic mass is 10.1. The van der Waals surface area contributed by atoms with Crippen molar-refractivity contribution in [1.29, 1.82) is 0 Å². The number of rotatable bonds is 8. The Morgan fingerprint density at radius 2 is 1.84 bits per heavy atom. The Balaban J connectivity index is 1.64. The van der Waals surface area contributed by atoms with E-state index in [1.54, 1.807) is 36.6 Å². The Morgan fingerprint density at radius 1 is 1.09 bits per heavy atom. The van der Waals surface area contributed by atoms with E-state index in [4.69, 9.17) is 9.47 Å². The number of anilines is 2. The number of nitro benzene ring substituents is 1. The lowest BCUT2D eigenvalue weighted by Gasteiger charge is -2.09. The van der Waals surface area contributed by atoms with Gasteiger partial charge >= 0.3 is 0 Å². The van der Waals surface area contributed by atoms with Crippen molar-refractivity contribution in [3.63, 3.8) is 0 Å². The molecule has 0 saturated carbocycles. The van der Waals surface area contributed by atoms with Crippen LogP contribution in [0.3, 0.4) is 0 Å². The van der Waals surface area contributed by atoms with Crippen LogP contribution in [0, 0.1) is 17.0 Å². The van der Waals surface area contributed by atoms with E-state index in [2.05, 4.69) is 15.6 Å². The number of non-ortho nitro benzene ring substituents is 1. The Kier molecular flexibility index (Phi) is 7.00. The minimum Gasteiger partial charge on any atom is -0.493 e. The number of aromatic nitrogens is 1. The van der Waals surface area contributed by atoms with Crippen molar-refractivity contribution < 1.29 is 24.0 Å². The third-order valence-electron chi connectivity index (χ3n) is 4.47. The van der Waals surface area contributed by atoms with Gasteiger partial charge in [0.25, 0.3) is 11.6 Å². The van der Waals surface area contributed by atoms with Crippen LogP contribution in [0.4, 0.5) is 16.5 Å². The van der Waals surface area contributed by atoms with Gasteiger partial charge in [-0.2, -0.15) is 0 Å². The Labute approximate surface area is 187 Å². The third kappa shape index (κ3) is 5.38. The number of nitrogens with zero attached hydrogens (tertiary/aromatic N) is 2. The summed E-state index contributed by atoms with van der Waals surface area (Å²) < 4.78 is 10.4. The van der Waals surface area contributed by atoms with Crippen LogP contribution >= 0.6 is 11.3 Å². The summed E-state index contributed by atoms with van der Waals surface area (Å²) in [6.07, 6.45) is -0.0507. The van der Waals surface area contributed by atoms with Crippen molar-refractivity contribution in [2.24, 2.45) is 0 Å². The minimum atomic E-state index is -0.525. The molecule has 0 radical (unpaired) electrons. The molecule has 1 aromatic heterocycles. The number of carbonyl (C=O) groups is 2. The summed E-state index contributed by atoms with van der Waals surface area (Å²) in [5.41, 5.74) is 1.77. The summed E-state index contributed by atoms with van der Waals surface area (Å²) in [7, 11) is 2.98. The van der Waals surface area contributed by atoms with Crippen LogP contribution in [0.5, 0.6) is 11.5 Å². The number of methoxy groups -OCH3 is 2. The molecule has 32 heavy (non-hydrogen) atoms. The lowest BCUT2D eigenvalue weighted by Crippen LogP contribution is -2.16. The second kappa shape index (κ2) is 9.88. The first-order chi connectivity index (χ1) is 15.3. The molecule has 0 unspecified atom stereocenters. The summed E-state index contributed by atoms with van der Waals surface area (Å²) in [6.45, 7) is 1.74. The van der Waals surface area contributed by atoms with Crippen molar-refractivity contribution in [2.75, 3.05) is 24.9 Å². The second-order valence-corrected chi connectivity index (χ2v) is 7.51. The predicted molar refractivity (Wildman–Crippen MR) is 120 cm³/mol. The zero-order valence-electron chi connectivity index (χ0n) is 17.5. The molecule has 0 atom stereocenters. The van der Waals surface area contributed by atoms with Crippen LogP contribution in [0.2, 0.25) is 0 Å². The van der Waals surface area contributed by atoms with E-state index in [1.807, 2.05) is 0 Å². The van der Waals surface area contributed by atoms with Crippen LogP contribution in [0.15, 0.2) is 41.8 Å². The second-order valence-electron chi connectivity index (χ2n) is 6.65. The highest BCUT2D eigenvalue weighted by atomic mass is 32.1. The topological polar surface area (TPSA) is 133 Å². The van der Waals surface area contributed by atoms with Crippen LogP contribution in [0.1, 0.15) is 21.6 Å². The maximum Gasteiger partial charge on any atom is 0.271 e. The Bertz CT molecular complexity index is 1180. The first-order valence-electron chi connectivity index (χ1n) is 9.33. The number of nitrogens with one attached hydrogen (secondary N) is 2. The molecule has 2 aromatic carbocycles. The molecule has 0 bridgehead atoms. The van der Waals surface area contributed by atoms with Gasteiger partial charge in [0.05, 0.1) is 36.9 Å². The molecule has 0 spiro atoms. The van der Waals surface area contributed by atoms with Gasteiger partial charge in [-0.15, -0.1) is 11.3 Å². The number of hydrogen-bond donors (Lipinski definition) is 2. The highest BCUT2D eigenvalue weighted by Crippen LogP contribution is 2.28. The summed E-state index contributed by atoms with van der Waals surface area (Å²) in [5.74, 6) is 0.166. The Morgan fingerprint density at radius 3 is 2.53 bits per heavy atom. The van der Waals surface area contributed by atoms with Crippen molar-refractivity contribution in [3.8, 4) is 11.5 Å². The van der Waals surface area contributed by atoms with E-state index in [0.29, 0.717) is 39.1 Å². The van der Waals surface area contributed by atoms with Crippen molar-refractivity contribution in [2.45, 2.75) is 13.3 Å². The van der Waals surface area contributed by atoms with Gasteiger partial charge in [-0.25, -0.2) is 4.98 Å². The lowest BCUT2D eigenvalue weighted by molar-refractivity contribution is -0.384. The van der Waals surface area contributed by atoms with Crippen molar-refractivity contribution in [3.05, 3.63) is 68.7 Å². The number of hydrogen-bond acceptors (Lipinski definition) is 8. The molecule has 3 rings (SSSR count). The van der Waals surface area contributed by atoms with Crippen LogP contribution < -0.4 is 20.1 Å². The average molecular weight is 456 g/mol. The van der Waals surface area contributed by atoms with Crippen LogP contribution in [-0.4, -0.2) is 35.9 Å². The number of nitro groups is 1. The quantitative estimate of drug-likeness (QED) is 0.389. The SMILES string of the molecule is COc1ccc(C(=O)Nc2nc(CC(=O)Nc3cc([N+](=O)[O-])ccc3C)cs2)cc1OC. The summed E-state index contributed by atoms with van der Waals surface area (Å²) in [6, 6.07) is 9.03. The monoisotopic (exact) mass is 456 g/mol. The van der Waals surface area contributed by atoms with Gasteiger partial charge in [-0.1, -0.05) is 6.07 Å². The molecule has 11 heteroatoms. The maximum absolute atomic E-state index is 12.5. The molecule has 0 saturated heterocycles. The smallest absolute Gasteiger partial charge is 0.271 e. The molecular weight excluding hydrogens is 436 g/mol. The highest BCUT2D eigenvalue weighted by Gasteiger charge is 2.15. The van der Waals surface area contributed by atoms with Gasteiger partial charge in [0.1, 0.15) is 0 Å². The molecular formula is C21H20N4O6S. The number of carbonyl (C=O) groups excluding carboxylic acids is 2. The summed E-state index contributed by atoms with van der Waals surface area (Å²) in [5, 5.41) is 18.3. The van der Waals surface area contributed by atoms with Gasteiger partial charge in [-0.3, -0.25) is 25.0 Å². The minimum absolute atomic E-state index is 0.0507. The first-order valence-corrected chi connectivity index (χ1v) is 10.2. The number of aryl methyl sites for hydroxylation is 1. The number of ether oxygens (including phenoxy) is 2. The predicted octanol–water partition coefficient (Wildman–Crippen LogP) is 3.81. The molecule has 10 nitrogen and oxygen atoms in total. The molecule has 0 aliphatic carbocycles. The maximum atomic E-state index is 12.5. The van der Waals surface area contributed by atoms with E-state index in [0.717, 1.165) is 0 Å². The molecule has 2 N–H and O–H groups in total. The van der Waals surface area contributed by atoms with Crippen LogP contribution in [0.25, 0.3) is 0 Å². The largest absolute Gasteiger partial charge is 0.493 e. The molecule has 0 aliphatic heterocycles. The molecule has 0 aliphatic rings. The molecule has 3 aromatic rings. The first kappa shape index (κ1) is 22.7. The van der Waals surface area contributed by atoms with Crippen molar-refractivity contribution in [1.82, 2.24) is 4.98 Å². The van der Waals surface area contributed by atoms with Gasteiger partial charge in [0.15, 0.2) is 16.6 Å². The molecule has 166 valence electrons. The summed E-state index contributed by atoms with van der Waals surface area (Å²) in [4.78, 5) is 39.6. The fourth-order valence-electron chi connectivity index (χ4n) is 2.81. The average Bonchev–Trinajstić information content (AvgIpc) is 3.20. The normalized spacial score (nSPS) is 10.3. The van der Waals surface area contributed by atoms with Gasteiger partial charge in [0.2, 0.25) is 5.91 Å². The third-order valence-corrected chi connectivity index (χ3v) is 5.27. The van der Waals surface area contributed by atoms with Gasteiger partial charge < -0.3 is 14.8 Å². The van der Waals surface area contributed by atoms with E-state index in [9.17, 15) is 19.7 Å².